The molecule has 1 fully saturated rings. The maximum absolute atomic E-state index is 12.9. The zero-order valence-electron chi connectivity index (χ0n) is 13.3. The van der Waals surface area contributed by atoms with Crippen LogP contribution in [0.1, 0.15) is 33.1 Å². The normalized spacial score (nSPS) is 17.1. The highest BCUT2D eigenvalue weighted by atomic mass is 16.2. The van der Waals surface area contributed by atoms with E-state index in [-0.39, 0.29) is 11.8 Å². The van der Waals surface area contributed by atoms with Crippen LogP contribution in [0.15, 0.2) is 48.5 Å². The topological polar surface area (TPSA) is 73.2 Å². The Bertz CT molecular complexity index is 839. The standard InChI is InChI=1S/C19H17N3O2/c1-13-4-2-6-15(10-13)17-18(23)21-8-9-22(17)19(24)16-7-3-5-14(11-16)12-20/h2-7,10-11,17H,8-9H2,1H3,(H,21,23). The van der Waals surface area contributed by atoms with E-state index in [4.69, 9.17) is 5.26 Å². The molecule has 1 N–H and O–H groups in total. The van der Waals surface area contributed by atoms with E-state index in [0.717, 1.165) is 11.1 Å². The van der Waals surface area contributed by atoms with E-state index in [1.165, 1.54) is 0 Å². The van der Waals surface area contributed by atoms with Crippen molar-refractivity contribution in [3.05, 3.63) is 70.8 Å². The van der Waals surface area contributed by atoms with Crippen LogP contribution < -0.4 is 5.32 Å². The molecule has 1 saturated heterocycles. The van der Waals surface area contributed by atoms with Crippen molar-refractivity contribution in [1.29, 1.82) is 5.26 Å². The second-order valence-electron chi connectivity index (χ2n) is 5.80. The van der Waals surface area contributed by atoms with Crippen LogP contribution in [-0.2, 0) is 4.79 Å². The van der Waals surface area contributed by atoms with Gasteiger partial charge in [-0.25, -0.2) is 0 Å². The van der Waals surface area contributed by atoms with E-state index in [9.17, 15) is 9.59 Å². The minimum atomic E-state index is -0.656. The minimum Gasteiger partial charge on any atom is -0.352 e. The summed E-state index contributed by atoms with van der Waals surface area (Å²) in [6.45, 7) is 2.80. The first-order valence-corrected chi connectivity index (χ1v) is 7.75. The largest absolute Gasteiger partial charge is 0.352 e. The van der Waals surface area contributed by atoms with Crippen molar-refractivity contribution < 1.29 is 9.59 Å². The quantitative estimate of drug-likeness (QED) is 0.922. The lowest BCUT2D eigenvalue weighted by atomic mass is 9.99. The highest BCUT2D eigenvalue weighted by molar-refractivity contribution is 5.98. The van der Waals surface area contributed by atoms with Gasteiger partial charge in [0.2, 0.25) is 5.91 Å². The van der Waals surface area contributed by atoms with Gasteiger partial charge in [0, 0.05) is 18.7 Å². The van der Waals surface area contributed by atoms with E-state index in [2.05, 4.69) is 5.32 Å². The summed E-state index contributed by atoms with van der Waals surface area (Å²) in [6, 6.07) is 15.5. The highest BCUT2D eigenvalue weighted by Gasteiger charge is 2.34. The van der Waals surface area contributed by atoms with Crippen molar-refractivity contribution in [2.45, 2.75) is 13.0 Å². The first-order valence-electron chi connectivity index (χ1n) is 7.75. The monoisotopic (exact) mass is 319 g/mol. The van der Waals surface area contributed by atoms with Crippen LogP contribution in [0.2, 0.25) is 0 Å². The Labute approximate surface area is 140 Å². The van der Waals surface area contributed by atoms with Gasteiger partial charge in [0.25, 0.3) is 5.91 Å². The van der Waals surface area contributed by atoms with Gasteiger partial charge in [-0.05, 0) is 30.7 Å². The fraction of sp³-hybridized carbons (Fsp3) is 0.211. The first-order chi connectivity index (χ1) is 11.6. The Balaban J connectivity index is 1.98. The molecule has 3 rings (SSSR count). The molecule has 1 atom stereocenters. The molecule has 5 heteroatoms. The van der Waals surface area contributed by atoms with E-state index in [0.29, 0.717) is 24.2 Å². The Morgan fingerprint density at radius 1 is 1.25 bits per heavy atom. The van der Waals surface area contributed by atoms with Crippen LogP contribution in [-0.4, -0.2) is 29.8 Å². The second kappa shape index (κ2) is 6.55. The first kappa shape index (κ1) is 15.8. The van der Waals surface area contributed by atoms with Crippen LogP contribution in [0.5, 0.6) is 0 Å². The van der Waals surface area contributed by atoms with E-state index < -0.39 is 6.04 Å². The van der Waals surface area contributed by atoms with Crippen LogP contribution in [0, 0.1) is 18.3 Å². The lowest BCUT2D eigenvalue weighted by Crippen LogP contribution is -2.52. The number of piperazine rings is 1. The zero-order valence-corrected chi connectivity index (χ0v) is 13.3. The molecule has 0 aliphatic carbocycles. The van der Waals surface area contributed by atoms with E-state index in [1.807, 2.05) is 37.3 Å². The van der Waals surface area contributed by atoms with Gasteiger partial charge in [0.15, 0.2) is 0 Å². The molecule has 1 aliphatic rings. The van der Waals surface area contributed by atoms with E-state index in [1.54, 1.807) is 29.2 Å². The molecule has 0 spiro atoms. The molecule has 0 aromatic heterocycles. The molecule has 0 bridgehead atoms. The summed E-state index contributed by atoms with van der Waals surface area (Å²) in [5, 5.41) is 11.8. The van der Waals surface area contributed by atoms with Gasteiger partial charge in [-0.1, -0.05) is 35.9 Å². The average Bonchev–Trinajstić information content (AvgIpc) is 2.61. The van der Waals surface area contributed by atoms with Crippen LogP contribution in [0.3, 0.4) is 0 Å². The average molecular weight is 319 g/mol. The molecule has 120 valence electrons. The fourth-order valence-electron chi connectivity index (χ4n) is 2.94. The molecule has 1 heterocycles. The third-order valence-corrected chi connectivity index (χ3v) is 4.07. The van der Waals surface area contributed by atoms with Crippen LogP contribution in [0.4, 0.5) is 0 Å². The van der Waals surface area contributed by atoms with Crippen molar-refractivity contribution in [1.82, 2.24) is 10.2 Å². The summed E-state index contributed by atoms with van der Waals surface area (Å²) in [5.74, 6) is -0.426. The lowest BCUT2D eigenvalue weighted by Gasteiger charge is -2.35. The van der Waals surface area contributed by atoms with Gasteiger partial charge in [0.05, 0.1) is 11.6 Å². The van der Waals surface area contributed by atoms with Gasteiger partial charge < -0.3 is 10.2 Å². The maximum atomic E-state index is 12.9. The molecule has 0 saturated carbocycles. The predicted molar refractivity (Wildman–Crippen MR) is 89.1 cm³/mol. The highest BCUT2D eigenvalue weighted by Crippen LogP contribution is 2.26. The smallest absolute Gasteiger partial charge is 0.254 e. The van der Waals surface area contributed by atoms with Gasteiger partial charge in [-0.2, -0.15) is 5.26 Å². The van der Waals surface area contributed by atoms with Crippen molar-refractivity contribution in [3.63, 3.8) is 0 Å². The molecular weight excluding hydrogens is 302 g/mol. The number of hydrogen-bond acceptors (Lipinski definition) is 3. The second-order valence-corrected chi connectivity index (χ2v) is 5.80. The molecule has 5 nitrogen and oxygen atoms in total. The van der Waals surface area contributed by atoms with Crippen LogP contribution in [0.25, 0.3) is 0 Å². The molecule has 0 radical (unpaired) electrons. The molecule has 1 unspecified atom stereocenters. The van der Waals surface area contributed by atoms with Gasteiger partial charge in [-0.15, -0.1) is 0 Å². The third-order valence-electron chi connectivity index (χ3n) is 4.07. The molecular formula is C19H17N3O2. The number of nitrogens with zero attached hydrogens (tertiary/aromatic N) is 2. The van der Waals surface area contributed by atoms with Crippen LogP contribution >= 0.6 is 0 Å². The molecule has 2 amide bonds. The summed E-state index contributed by atoms with van der Waals surface area (Å²) < 4.78 is 0. The minimum absolute atomic E-state index is 0.184. The van der Waals surface area contributed by atoms with Gasteiger partial charge in [0.1, 0.15) is 6.04 Å². The fourth-order valence-corrected chi connectivity index (χ4v) is 2.94. The SMILES string of the molecule is Cc1cccc(C2C(=O)NCCN2C(=O)c2cccc(C#N)c2)c1. The Morgan fingerprint density at radius 2 is 2.04 bits per heavy atom. The summed E-state index contributed by atoms with van der Waals surface area (Å²) in [7, 11) is 0. The number of carbonyl (C=O) groups excluding carboxylic acids is 2. The third kappa shape index (κ3) is 2.99. The summed E-state index contributed by atoms with van der Waals surface area (Å²) in [5.41, 5.74) is 2.66. The number of amides is 2. The van der Waals surface area contributed by atoms with Crippen molar-refractivity contribution in [2.75, 3.05) is 13.1 Å². The molecule has 24 heavy (non-hydrogen) atoms. The number of hydrogen-bond donors (Lipinski definition) is 1. The Morgan fingerprint density at radius 3 is 2.79 bits per heavy atom. The maximum Gasteiger partial charge on any atom is 0.254 e. The lowest BCUT2D eigenvalue weighted by molar-refractivity contribution is -0.128. The summed E-state index contributed by atoms with van der Waals surface area (Å²) >= 11 is 0. The number of carbonyl (C=O) groups is 2. The van der Waals surface area contributed by atoms with Gasteiger partial charge in [-0.3, -0.25) is 9.59 Å². The Hall–Kier alpha value is -3.13. The number of benzene rings is 2. The van der Waals surface area contributed by atoms with Crippen molar-refractivity contribution in [2.24, 2.45) is 0 Å². The molecule has 2 aromatic rings. The Kier molecular flexibility index (Phi) is 4.30. The molecule has 2 aromatic carbocycles. The van der Waals surface area contributed by atoms with Gasteiger partial charge >= 0.3 is 0 Å². The predicted octanol–water partition coefficient (Wildman–Crippen LogP) is 2.18. The number of rotatable bonds is 2. The number of nitrogens with one attached hydrogen (secondary N) is 1. The summed E-state index contributed by atoms with van der Waals surface area (Å²) in [6.07, 6.45) is 0. The van der Waals surface area contributed by atoms with Crippen molar-refractivity contribution in [3.8, 4) is 6.07 Å². The number of nitriles is 1. The zero-order chi connectivity index (χ0) is 17.1. The van der Waals surface area contributed by atoms with E-state index >= 15 is 0 Å². The molecule has 1 aliphatic heterocycles. The van der Waals surface area contributed by atoms with Crippen molar-refractivity contribution >= 4 is 11.8 Å². The summed E-state index contributed by atoms with van der Waals surface area (Å²) in [4.78, 5) is 26.9. The number of aryl methyl sites for hydroxylation is 1.